The molecule has 16 heavy (non-hydrogen) atoms. The summed E-state index contributed by atoms with van der Waals surface area (Å²) in [4.78, 5) is 14.4. The number of carbonyl (C=O) groups excluding carboxylic acids is 1. The van der Waals surface area contributed by atoms with Crippen molar-refractivity contribution in [3.05, 3.63) is 0 Å². The third kappa shape index (κ3) is 2.83. The standard InChI is InChI=1S/C7H9ClF3N3O2/c1-16-3-14-5(4(15)2-8)12-6(13-14)7(9,10)11/h6,13H,2-3H2,1H3. The van der Waals surface area contributed by atoms with E-state index in [9.17, 15) is 18.0 Å². The van der Waals surface area contributed by atoms with Crippen LogP contribution < -0.4 is 5.43 Å². The zero-order chi connectivity index (χ0) is 12.3. The molecule has 0 amide bonds. The number of hydrazine groups is 1. The van der Waals surface area contributed by atoms with Gasteiger partial charge < -0.3 is 4.74 Å². The van der Waals surface area contributed by atoms with Crippen molar-refractivity contribution in [2.24, 2.45) is 4.99 Å². The van der Waals surface area contributed by atoms with Gasteiger partial charge in [-0.1, -0.05) is 0 Å². The second kappa shape index (κ2) is 4.98. The van der Waals surface area contributed by atoms with Crippen molar-refractivity contribution in [3.63, 3.8) is 0 Å². The van der Waals surface area contributed by atoms with E-state index in [4.69, 9.17) is 11.6 Å². The number of aliphatic imine (C=N–C) groups is 1. The highest BCUT2D eigenvalue weighted by Gasteiger charge is 2.45. The van der Waals surface area contributed by atoms with Crippen molar-refractivity contribution in [1.82, 2.24) is 10.4 Å². The Kier molecular flexibility index (Phi) is 4.11. The van der Waals surface area contributed by atoms with Crippen molar-refractivity contribution in [1.29, 1.82) is 0 Å². The van der Waals surface area contributed by atoms with Gasteiger partial charge >= 0.3 is 6.18 Å². The number of ether oxygens (including phenoxy) is 1. The highest BCUT2D eigenvalue weighted by Crippen LogP contribution is 2.24. The van der Waals surface area contributed by atoms with E-state index in [1.807, 2.05) is 5.43 Å². The number of nitrogens with one attached hydrogen (secondary N) is 1. The van der Waals surface area contributed by atoms with Gasteiger partial charge in [-0.3, -0.25) is 9.80 Å². The number of rotatable bonds is 4. The highest BCUT2D eigenvalue weighted by atomic mass is 35.5. The lowest BCUT2D eigenvalue weighted by Crippen LogP contribution is -2.48. The second-order valence-corrected chi connectivity index (χ2v) is 3.20. The van der Waals surface area contributed by atoms with Gasteiger partial charge in [0.25, 0.3) is 0 Å². The van der Waals surface area contributed by atoms with E-state index >= 15 is 0 Å². The minimum Gasteiger partial charge on any atom is -0.363 e. The molecule has 0 radical (unpaired) electrons. The summed E-state index contributed by atoms with van der Waals surface area (Å²) in [6.45, 7) is -0.228. The lowest BCUT2D eigenvalue weighted by atomic mass is 10.4. The molecule has 1 N–H and O–H groups in total. The number of amidine groups is 1. The molecule has 0 saturated heterocycles. The molecule has 1 unspecified atom stereocenters. The Balaban J connectivity index is 2.85. The van der Waals surface area contributed by atoms with E-state index in [1.54, 1.807) is 0 Å². The smallest absolute Gasteiger partial charge is 0.363 e. The molecular weight excluding hydrogens is 251 g/mol. The van der Waals surface area contributed by atoms with Crippen LogP contribution in [0.4, 0.5) is 13.2 Å². The van der Waals surface area contributed by atoms with Crippen molar-refractivity contribution in [2.75, 3.05) is 19.7 Å². The Morgan fingerprint density at radius 1 is 1.69 bits per heavy atom. The van der Waals surface area contributed by atoms with E-state index in [0.29, 0.717) is 0 Å². The summed E-state index contributed by atoms with van der Waals surface area (Å²) in [5.41, 5.74) is 2.00. The first-order valence-corrected chi connectivity index (χ1v) is 4.70. The van der Waals surface area contributed by atoms with Crippen molar-refractivity contribution in [3.8, 4) is 0 Å². The van der Waals surface area contributed by atoms with Gasteiger partial charge in [-0.15, -0.1) is 11.6 Å². The number of alkyl halides is 4. The number of Topliss-reactive ketones (excluding diaryl/α,β-unsaturated/α-hetero) is 1. The number of nitrogens with zero attached hydrogens (tertiary/aromatic N) is 2. The molecule has 1 atom stereocenters. The van der Waals surface area contributed by atoms with Gasteiger partial charge in [0, 0.05) is 7.11 Å². The number of carbonyl (C=O) groups is 1. The van der Waals surface area contributed by atoms with Crippen molar-refractivity contribution >= 4 is 23.2 Å². The van der Waals surface area contributed by atoms with Gasteiger partial charge in [-0.25, -0.2) is 4.99 Å². The summed E-state index contributed by atoms with van der Waals surface area (Å²) in [6.07, 6.45) is -6.70. The monoisotopic (exact) mass is 259 g/mol. The molecule has 5 nitrogen and oxygen atoms in total. The molecule has 1 aliphatic rings. The second-order valence-electron chi connectivity index (χ2n) is 2.93. The van der Waals surface area contributed by atoms with Crippen molar-refractivity contribution in [2.45, 2.75) is 12.3 Å². The first-order chi connectivity index (χ1) is 7.40. The molecule has 9 heteroatoms. The van der Waals surface area contributed by atoms with Crippen LogP contribution in [0.1, 0.15) is 0 Å². The summed E-state index contributed by atoms with van der Waals surface area (Å²) in [6, 6.07) is 0. The predicted molar refractivity (Wildman–Crippen MR) is 49.9 cm³/mol. The molecular formula is C7H9ClF3N3O2. The highest BCUT2D eigenvalue weighted by molar-refractivity contribution is 6.48. The van der Waals surface area contributed by atoms with Crippen LogP contribution in [-0.4, -0.2) is 48.7 Å². The fourth-order valence-electron chi connectivity index (χ4n) is 1.09. The average Bonchev–Trinajstić information content (AvgIpc) is 2.61. The van der Waals surface area contributed by atoms with Gasteiger partial charge in [-0.2, -0.15) is 18.6 Å². The number of methoxy groups -OCH3 is 1. The molecule has 0 fully saturated rings. The summed E-state index contributed by atoms with van der Waals surface area (Å²) in [5, 5.41) is 0.878. The van der Waals surface area contributed by atoms with Crippen LogP contribution in [-0.2, 0) is 9.53 Å². The average molecular weight is 260 g/mol. The fourth-order valence-corrected chi connectivity index (χ4v) is 1.21. The van der Waals surface area contributed by atoms with Gasteiger partial charge in [-0.05, 0) is 0 Å². The summed E-state index contributed by atoms with van der Waals surface area (Å²) in [7, 11) is 1.28. The Labute approximate surface area is 94.2 Å². The number of hydrogen-bond acceptors (Lipinski definition) is 5. The maximum atomic E-state index is 12.3. The molecule has 0 aromatic rings. The van der Waals surface area contributed by atoms with E-state index in [1.165, 1.54) is 7.11 Å². The zero-order valence-electron chi connectivity index (χ0n) is 8.21. The van der Waals surface area contributed by atoms with Gasteiger partial charge in [0.05, 0.1) is 5.88 Å². The van der Waals surface area contributed by atoms with Gasteiger partial charge in [0.1, 0.15) is 6.73 Å². The van der Waals surface area contributed by atoms with E-state index < -0.39 is 24.0 Å². The molecule has 0 aromatic heterocycles. The molecule has 92 valence electrons. The summed E-state index contributed by atoms with van der Waals surface area (Å²) >= 11 is 5.25. The molecule has 1 aliphatic heterocycles. The maximum Gasteiger partial charge on any atom is 0.425 e. The predicted octanol–water partition coefficient (Wildman–Crippen LogP) is 0.505. The van der Waals surface area contributed by atoms with E-state index in [-0.39, 0.29) is 12.6 Å². The molecule has 1 rings (SSSR count). The van der Waals surface area contributed by atoms with E-state index in [2.05, 4.69) is 9.73 Å². The first kappa shape index (κ1) is 13.2. The number of halogens is 4. The molecule has 0 spiro atoms. The zero-order valence-corrected chi connectivity index (χ0v) is 8.97. The Morgan fingerprint density at radius 3 is 2.75 bits per heavy atom. The SMILES string of the molecule is COCN1NC(C(F)(F)F)N=C1C(=O)CCl. The number of ketones is 1. The van der Waals surface area contributed by atoms with Crippen LogP contribution in [0.3, 0.4) is 0 Å². The van der Waals surface area contributed by atoms with Crippen LogP contribution in [0.2, 0.25) is 0 Å². The molecule has 1 heterocycles. The first-order valence-electron chi connectivity index (χ1n) is 4.16. The fraction of sp³-hybridized carbons (Fsp3) is 0.714. The minimum atomic E-state index is -4.57. The molecule has 0 aliphatic carbocycles. The Bertz CT molecular complexity index is 308. The quantitative estimate of drug-likeness (QED) is 0.748. The Hall–Kier alpha value is -0.860. The summed E-state index contributed by atoms with van der Waals surface area (Å²) in [5.74, 6) is -1.51. The van der Waals surface area contributed by atoms with Crippen LogP contribution in [0, 0.1) is 0 Å². The Morgan fingerprint density at radius 2 is 2.31 bits per heavy atom. The molecule has 0 saturated carbocycles. The lowest BCUT2D eigenvalue weighted by molar-refractivity contribution is -0.160. The topological polar surface area (TPSA) is 53.9 Å². The van der Waals surface area contributed by atoms with E-state index in [0.717, 1.165) is 5.01 Å². The number of hydrogen-bond donors (Lipinski definition) is 1. The third-order valence-electron chi connectivity index (χ3n) is 1.72. The van der Waals surface area contributed by atoms with Crippen LogP contribution in [0.15, 0.2) is 4.99 Å². The normalized spacial score (nSPS) is 21.2. The minimum absolute atomic E-state index is 0.228. The largest absolute Gasteiger partial charge is 0.425 e. The van der Waals surface area contributed by atoms with Crippen LogP contribution >= 0.6 is 11.6 Å². The van der Waals surface area contributed by atoms with Crippen LogP contribution in [0.5, 0.6) is 0 Å². The molecule has 0 aromatic carbocycles. The van der Waals surface area contributed by atoms with Crippen LogP contribution in [0.25, 0.3) is 0 Å². The van der Waals surface area contributed by atoms with Gasteiger partial charge in [0.2, 0.25) is 11.9 Å². The van der Waals surface area contributed by atoms with Gasteiger partial charge in [0.15, 0.2) is 5.84 Å². The third-order valence-corrected chi connectivity index (χ3v) is 1.97. The summed E-state index contributed by atoms with van der Waals surface area (Å²) < 4.78 is 41.6. The molecule has 0 bridgehead atoms. The van der Waals surface area contributed by atoms with Crippen molar-refractivity contribution < 1.29 is 22.7 Å². The maximum absolute atomic E-state index is 12.3. The lowest BCUT2D eigenvalue weighted by Gasteiger charge is -2.20.